The minimum absolute atomic E-state index is 0.230. The maximum atomic E-state index is 13.2. The second-order valence-electron chi connectivity index (χ2n) is 10.7. The van der Waals surface area contributed by atoms with Gasteiger partial charge in [-0.2, -0.15) is 0 Å². The van der Waals surface area contributed by atoms with Crippen LogP contribution in [0.25, 0.3) is 0 Å². The molecule has 0 aliphatic carbocycles. The SMILES string of the molecule is NCc1ccc(COP(=O)(O)OC(=O)[C@H](CCC(=O)O)NC(=O)[C@H](CCC(=O)O)NC(=O)[C@H](CCC(=O)O)NC(=O)[C@@H](N)CCC(=O)O)cc1. The fourth-order valence-electron chi connectivity index (χ4n) is 3.95. The molecular formula is C28H40N5O16P. The molecule has 0 aliphatic rings. The number of amides is 3. The van der Waals surface area contributed by atoms with Crippen molar-refractivity contribution < 1.29 is 77.3 Å². The van der Waals surface area contributed by atoms with E-state index >= 15 is 0 Å². The summed E-state index contributed by atoms with van der Waals surface area (Å²) in [5, 5.41) is 42.5. The van der Waals surface area contributed by atoms with Crippen molar-refractivity contribution in [2.24, 2.45) is 11.5 Å². The van der Waals surface area contributed by atoms with E-state index in [-0.39, 0.29) is 13.0 Å². The number of benzene rings is 1. The van der Waals surface area contributed by atoms with Crippen molar-refractivity contribution in [3.63, 3.8) is 0 Å². The molecule has 1 rings (SSSR count). The first-order valence-electron chi connectivity index (χ1n) is 14.9. The lowest BCUT2D eigenvalue weighted by Gasteiger charge is -2.25. The van der Waals surface area contributed by atoms with Gasteiger partial charge in [0.1, 0.15) is 18.1 Å². The number of carboxylic acid groups (broad SMARTS) is 4. The van der Waals surface area contributed by atoms with Crippen LogP contribution >= 0.6 is 7.82 Å². The number of rotatable bonds is 24. The van der Waals surface area contributed by atoms with Crippen LogP contribution in [-0.4, -0.2) is 97.1 Å². The van der Waals surface area contributed by atoms with Crippen LogP contribution < -0.4 is 27.4 Å². The molecule has 0 bridgehead atoms. The van der Waals surface area contributed by atoms with Crippen LogP contribution in [0.4, 0.5) is 0 Å². The van der Waals surface area contributed by atoms with E-state index in [9.17, 15) is 47.8 Å². The predicted molar refractivity (Wildman–Crippen MR) is 166 cm³/mol. The van der Waals surface area contributed by atoms with E-state index in [2.05, 4.69) is 15.2 Å². The molecule has 1 aromatic rings. The third-order valence-corrected chi connectivity index (χ3v) is 7.54. The quantitative estimate of drug-likeness (QED) is 0.0543. The number of hydrogen-bond donors (Lipinski definition) is 10. The maximum Gasteiger partial charge on any atom is 0.530 e. The van der Waals surface area contributed by atoms with Crippen molar-refractivity contribution in [2.75, 3.05) is 0 Å². The molecule has 0 radical (unpaired) electrons. The number of nitrogens with two attached hydrogens (primary N) is 2. The van der Waals surface area contributed by atoms with E-state index in [1.54, 1.807) is 12.1 Å². The van der Waals surface area contributed by atoms with Gasteiger partial charge in [0.2, 0.25) is 17.7 Å². The molecule has 12 N–H and O–H groups in total. The lowest BCUT2D eigenvalue weighted by Crippen LogP contribution is -2.57. The highest BCUT2D eigenvalue weighted by Crippen LogP contribution is 2.44. The third kappa shape index (κ3) is 17.4. The largest absolute Gasteiger partial charge is 0.530 e. The maximum absolute atomic E-state index is 13.2. The number of carbonyl (C=O) groups excluding carboxylic acids is 4. The molecule has 0 aromatic heterocycles. The molecular weight excluding hydrogens is 693 g/mol. The van der Waals surface area contributed by atoms with E-state index in [0.717, 1.165) is 5.56 Å². The molecule has 22 heteroatoms. The molecule has 0 saturated carbocycles. The van der Waals surface area contributed by atoms with Crippen LogP contribution in [0.5, 0.6) is 0 Å². The molecule has 21 nitrogen and oxygen atoms in total. The smallest absolute Gasteiger partial charge is 0.481 e. The van der Waals surface area contributed by atoms with Crippen LogP contribution in [0.15, 0.2) is 24.3 Å². The van der Waals surface area contributed by atoms with Crippen LogP contribution in [-0.2, 0) is 65.1 Å². The number of aliphatic carboxylic acids is 4. The van der Waals surface area contributed by atoms with Gasteiger partial charge in [0.05, 0.1) is 12.6 Å². The van der Waals surface area contributed by atoms with E-state index in [0.29, 0.717) is 5.56 Å². The number of carbonyl (C=O) groups is 8. The first-order valence-corrected chi connectivity index (χ1v) is 16.4. The zero-order valence-corrected chi connectivity index (χ0v) is 27.4. The fraction of sp³-hybridized carbons (Fsp3) is 0.500. The molecule has 0 fully saturated rings. The Morgan fingerprint density at radius 2 is 1.02 bits per heavy atom. The fourth-order valence-corrected chi connectivity index (χ4v) is 4.67. The molecule has 1 aromatic carbocycles. The van der Waals surface area contributed by atoms with Crippen molar-refractivity contribution in [1.82, 2.24) is 16.0 Å². The normalized spacial score (nSPS) is 14.5. The molecule has 5 atom stereocenters. The van der Waals surface area contributed by atoms with Gasteiger partial charge in [0, 0.05) is 32.2 Å². The zero-order valence-electron chi connectivity index (χ0n) is 26.5. The standard InChI is InChI=1S/C28H40N5O16P/c29-13-15-1-3-16(4-2-15)14-48-50(46,47)49-28(45)20(8-12-24(40)41)33-27(44)19(7-11-23(38)39)32-26(43)18(6-10-22(36)37)31-25(42)17(30)5-9-21(34)35/h1-4,17-20H,5-14,29-30H2,(H,31,42)(H,32,43)(H,33,44)(H,34,35)(H,36,37)(H,38,39)(H,40,41)(H,46,47)/t17-,18-,19-,20-/m0/s1. The first kappa shape index (κ1) is 43.1. The van der Waals surface area contributed by atoms with Gasteiger partial charge in [-0.05, 0) is 36.8 Å². The summed E-state index contributed by atoms with van der Waals surface area (Å²) < 4.78 is 21.9. The molecule has 50 heavy (non-hydrogen) atoms. The van der Waals surface area contributed by atoms with Gasteiger partial charge in [-0.15, -0.1) is 0 Å². The predicted octanol–water partition coefficient (Wildman–Crippen LogP) is -1.45. The lowest BCUT2D eigenvalue weighted by atomic mass is 10.1. The summed E-state index contributed by atoms with van der Waals surface area (Å²) in [5.41, 5.74) is 12.3. The van der Waals surface area contributed by atoms with Crippen molar-refractivity contribution in [2.45, 2.75) is 88.7 Å². The molecule has 278 valence electrons. The Balaban J connectivity index is 3.16. The highest BCUT2D eigenvalue weighted by atomic mass is 31.2. The second kappa shape index (κ2) is 21.2. The van der Waals surface area contributed by atoms with Crippen LogP contribution in [0.3, 0.4) is 0 Å². The second-order valence-corrected chi connectivity index (χ2v) is 12.1. The van der Waals surface area contributed by atoms with Crippen molar-refractivity contribution in [3.8, 4) is 0 Å². The van der Waals surface area contributed by atoms with E-state index in [4.69, 9.17) is 36.4 Å². The average molecular weight is 734 g/mol. The molecule has 3 amide bonds. The highest BCUT2D eigenvalue weighted by Gasteiger charge is 2.35. The van der Waals surface area contributed by atoms with Crippen molar-refractivity contribution in [1.29, 1.82) is 0 Å². The Morgan fingerprint density at radius 1 is 0.640 bits per heavy atom. The van der Waals surface area contributed by atoms with Crippen molar-refractivity contribution >= 4 is 55.4 Å². The average Bonchev–Trinajstić information content (AvgIpc) is 3.03. The summed E-state index contributed by atoms with van der Waals surface area (Å²) in [6.07, 6.45) is -4.96. The summed E-state index contributed by atoms with van der Waals surface area (Å²) in [6, 6.07) is -0.572. The van der Waals surface area contributed by atoms with Gasteiger partial charge in [-0.1, -0.05) is 24.3 Å². The van der Waals surface area contributed by atoms with E-state index < -0.39 is 131 Å². The molecule has 1 unspecified atom stereocenters. The summed E-state index contributed by atoms with van der Waals surface area (Å²) in [6.45, 7) is -0.278. The van der Waals surface area contributed by atoms with Crippen LogP contribution in [0.2, 0.25) is 0 Å². The number of hydrogen-bond acceptors (Lipinski definition) is 13. The van der Waals surface area contributed by atoms with Crippen molar-refractivity contribution in [3.05, 3.63) is 35.4 Å². The Hall–Kier alpha value is -4.95. The third-order valence-electron chi connectivity index (χ3n) is 6.67. The summed E-state index contributed by atoms with van der Waals surface area (Å²) in [5.74, 6) is -10.7. The minimum atomic E-state index is -5.16. The minimum Gasteiger partial charge on any atom is -0.481 e. The van der Waals surface area contributed by atoms with E-state index in [1.165, 1.54) is 12.1 Å². The Bertz CT molecular complexity index is 1440. The summed E-state index contributed by atoms with van der Waals surface area (Å²) >= 11 is 0. The number of phosphoric ester groups is 1. The Morgan fingerprint density at radius 3 is 1.46 bits per heavy atom. The van der Waals surface area contributed by atoms with Gasteiger partial charge >= 0.3 is 37.7 Å². The topological polar surface area (TPSA) is 361 Å². The summed E-state index contributed by atoms with van der Waals surface area (Å²) in [7, 11) is -5.16. The van der Waals surface area contributed by atoms with Crippen LogP contribution in [0.1, 0.15) is 62.5 Å². The molecule has 0 spiro atoms. The van der Waals surface area contributed by atoms with Gasteiger partial charge < -0.3 is 52.4 Å². The van der Waals surface area contributed by atoms with Gasteiger partial charge in [0.15, 0.2) is 0 Å². The number of carboxylic acids is 4. The van der Waals surface area contributed by atoms with Gasteiger partial charge in [0.25, 0.3) is 0 Å². The van der Waals surface area contributed by atoms with Crippen LogP contribution in [0, 0.1) is 0 Å². The molecule has 0 saturated heterocycles. The molecule has 0 aliphatic heterocycles. The monoisotopic (exact) mass is 733 g/mol. The highest BCUT2D eigenvalue weighted by molar-refractivity contribution is 7.48. The van der Waals surface area contributed by atoms with Gasteiger partial charge in [-0.25, -0.2) is 9.36 Å². The number of nitrogens with one attached hydrogen (secondary N) is 3. The van der Waals surface area contributed by atoms with E-state index in [1.807, 2.05) is 5.32 Å². The summed E-state index contributed by atoms with van der Waals surface area (Å²) in [4.78, 5) is 106. The Kier molecular flexibility index (Phi) is 18.3. The first-order chi connectivity index (χ1) is 23.3. The Labute approximate surface area is 284 Å². The van der Waals surface area contributed by atoms with Gasteiger partial charge in [-0.3, -0.25) is 43.0 Å². The lowest BCUT2D eigenvalue weighted by molar-refractivity contribution is -0.143. The molecule has 0 heterocycles. The zero-order chi connectivity index (χ0) is 38.0. The number of phosphoric acid groups is 1.